The number of amides is 3. The van der Waals surface area contributed by atoms with E-state index in [9.17, 15) is 14.4 Å². The molecule has 0 bridgehead atoms. The van der Waals surface area contributed by atoms with Crippen molar-refractivity contribution >= 4 is 23.4 Å². The van der Waals surface area contributed by atoms with Crippen LogP contribution in [0.2, 0.25) is 0 Å². The van der Waals surface area contributed by atoms with E-state index in [1.807, 2.05) is 25.7 Å². The van der Waals surface area contributed by atoms with Crippen molar-refractivity contribution in [2.24, 2.45) is 11.8 Å². The van der Waals surface area contributed by atoms with Gasteiger partial charge in [0.25, 0.3) is 5.91 Å². The summed E-state index contributed by atoms with van der Waals surface area (Å²) in [6, 6.07) is 5.00. The van der Waals surface area contributed by atoms with Crippen LogP contribution in [0.25, 0.3) is 0 Å². The van der Waals surface area contributed by atoms with E-state index in [0.717, 1.165) is 25.7 Å². The number of ether oxygens (including phenoxy) is 2. The lowest BCUT2D eigenvalue weighted by atomic mass is 9.88. The Labute approximate surface area is 209 Å². The normalized spacial score (nSPS) is 24.6. The van der Waals surface area contributed by atoms with Gasteiger partial charge in [0.15, 0.2) is 0 Å². The second-order valence-corrected chi connectivity index (χ2v) is 10.0. The van der Waals surface area contributed by atoms with E-state index < -0.39 is 0 Å². The maximum atomic E-state index is 13.3. The summed E-state index contributed by atoms with van der Waals surface area (Å²) in [7, 11) is 3.38. The van der Waals surface area contributed by atoms with Crippen LogP contribution in [0.15, 0.2) is 18.2 Å². The Morgan fingerprint density at radius 2 is 1.86 bits per heavy atom. The second kappa shape index (κ2) is 12.4. The smallest absolute Gasteiger partial charge is 0.257 e. The lowest BCUT2D eigenvalue weighted by molar-refractivity contribution is -0.135. The number of hydrogen-bond donors (Lipinski definition) is 1. The van der Waals surface area contributed by atoms with Gasteiger partial charge in [-0.2, -0.15) is 0 Å². The summed E-state index contributed by atoms with van der Waals surface area (Å²) in [6.45, 7) is 6.99. The molecule has 0 saturated heterocycles. The number of carbonyl (C=O) groups excluding carboxylic acids is 3. The lowest BCUT2D eigenvalue weighted by Crippen LogP contribution is -2.48. The van der Waals surface area contributed by atoms with Gasteiger partial charge in [0.2, 0.25) is 11.8 Å². The predicted octanol–water partition coefficient (Wildman–Crippen LogP) is 3.95. The summed E-state index contributed by atoms with van der Waals surface area (Å²) in [4.78, 5) is 42.3. The van der Waals surface area contributed by atoms with Crippen LogP contribution in [0.3, 0.4) is 0 Å². The molecule has 2 aliphatic rings. The monoisotopic (exact) mass is 487 g/mol. The number of fused-ring (bicyclic) bond motifs is 1. The molecule has 0 spiro atoms. The van der Waals surface area contributed by atoms with E-state index in [0.29, 0.717) is 36.5 Å². The first-order valence-corrected chi connectivity index (χ1v) is 12.9. The van der Waals surface area contributed by atoms with Crippen LogP contribution >= 0.6 is 0 Å². The zero-order valence-electron chi connectivity index (χ0n) is 21.8. The minimum atomic E-state index is -0.221. The maximum absolute atomic E-state index is 13.3. The number of likely N-dealkylation sites (N-methyl/N-ethyl adjacent to an activating group) is 1. The van der Waals surface area contributed by atoms with E-state index in [1.165, 1.54) is 6.42 Å². The summed E-state index contributed by atoms with van der Waals surface area (Å²) in [5.41, 5.74) is 1.03. The Balaban J connectivity index is 1.89. The van der Waals surface area contributed by atoms with Gasteiger partial charge in [-0.15, -0.1) is 0 Å². The number of rotatable bonds is 4. The van der Waals surface area contributed by atoms with E-state index in [2.05, 4.69) is 5.32 Å². The first kappa shape index (κ1) is 27.0. The molecule has 1 aliphatic heterocycles. The predicted molar refractivity (Wildman–Crippen MR) is 136 cm³/mol. The van der Waals surface area contributed by atoms with Crippen molar-refractivity contribution in [2.45, 2.75) is 71.4 Å². The van der Waals surface area contributed by atoms with Crippen molar-refractivity contribution in [2.75, 3.05) is 39.2 Å². The van der Waals surface area contributed by atoms with E-state index in [-0.39, 0.29) is 48.3 Å². The Morgan fingerprint density at radius 3 is 2.51 bits per heavy atom. The highest BCUT2D eigenvalue weighted by Crippen LogP contribution is 2.29. The maximum Gasteiger partial charge on any atom is 0.257 e. The van der Waals surface area contributed by atoms with Crippen LogP contribution in [-0.4, -0.2) is 73.5 Å². The summed E-state index contributed by atoms with van der Waals surface area (Å²) in [6.07, 6.45) is 5.35. The molecule has 194 valence electrons. The fraction of sp³-hybridized carbons (Fsp3) is 0.667. The highest BCUT2D eigenvalue weighted by atomic mass is 16.5. The third-order valence-electron chi connectivity index (χ3n) is 7.31. The van der Waals surface area contributed by atoms with Crippen LogP contribution in [0.1, 0.15) is 69.7 Å². The molecule has 1 fully saturated rings. The largest absolute Gasteiger partial charge is 0.491 e. The van der Waals surface area contributed by atoms with Crippen molar-refractivity contribution < 1.29 is 23.9 Å². The minimum absolute atomic E-state index is 0.0197. The third kappa shape index (κ3) is 6.75. The van der Waals surface area contributed by atoms with Gasteiger partial charge in [-0.1, -0.05) is 33.1 Å². The average molecular weight is 488 g/mol. The number of nitrogens with zero attached hydrogens (tertiary/aromatic N) is 2. The summed E-state index contributed by atoms with van der Waals surface area (Å²) in [5, 5.41) is 3.02. The molecule has 0 unspecified atom stereocenters. The van der Waals surface area contributed by atoms with Gasteiger partial charge >= 0.3 is 0 Å². The molecule has 35 heavy (non-hydrogen) atoms. The van der Waals surface area contributed by atoms with Gasteiger partial charge in [0.1, 0.15) is 12.4 Å². The van der Waals surface area contributed by atoms with Crippen molar-refractivity contribution in [1.29, 1.82) is 0 Å². The molecular formula is C27H41N3O5. The van der Waals surface area contributed by atoms with Crippen LogP contribution in [-0.2, 0) is 14.3 Å². The molecule has 1 heterocycles. The van der Waals surface area contributed by atoms with Gasteiger partial charge in [-0.3, -0.25) is 14.4 Å². The summed E-state index contributed by atoms with van der Waals surface area (Å²) in [5.74, 6) is 0.365. The van der Waals surface area contributed by atoms with Crippen LogP contribution < -0.4 is 10.1 Å². The summed E-state index contributed by atoms with van der Waals surface area (Å²) < 4.78 is 11.9. The fourth-order valence-corrected chi connectivity index (χ4v) is 5.01. The lowest BCUT2D eigenvalue weighted by Gasteiger charge is -2.36. The Kier molecular flexibility index (Phi) is 9.55. The first-order valence-electron chi connectivity index (χ1n) is 12.9. The van der Waals surface area contributed by atoms with Crippen molar-refractivity contribution in [3.63, 3.8) is 0 Å². The zero-order valence-corrected chi connectivity index (χ0v) is 21.8. The molecule has 1 saturated carbocycles. The molecular weight excluding hydrogens is 446 g/mol. The van der Waals surface area contributed by atoms with Gasteiger partial charge < -0.3 is 24.6 Å². The molecule has 3 rings (SSSR count). The highest BCUT2D eigenvalue weighted by Gasteiger charge is 2.30. The standard InChI is InChI=1S/C27H41N3O5/c1-6-25(31)30-15-18(2)24(34-5)16-29(4)27(33)22-13-12-21(14-23(22)35-17-19(30)3)28-26(32)20-10-8-7-9-11-20/h12-14,18-20,24H,6-11,15-17H2,1-5H3,(H,28,32)/t18-,19+,24-/m0/s1. The second-order valence-electron chi connectivity index (χ2n) is 10.0. The molecule has 3 atom stereocenters. The molecule has 8 nitrogen and oxygen atoms in total. The van der Waals surface area contributed by atoms with Crippen LogP contribution in [0.5, 0.6) is 5.75 Å². The van der Waals surface area contributed by atoms with Gasteiger partial charge in [0.05, 0.1) is 17.7 Å². The number of hydrogen-bond acceptors (Lipinski definition) is 5. The molecule has 1 aromatic rings. The molecule has 1 N–H and O–H groups in total. The average Bonchev–Trinajstić information content (AvgIpc) is 2.87. The van der Waals surface area contributed by atoms with E-state index >= 15 is 0 Å². The van der Waals surface area contributed by atoms with Crippen LogP contribution in [0.4, 0.5) is 5.69 Å². The van der Waals surface area contributed by atoms with Crippen LogP contribution in [0, 0.1) is 11.8 Å². The zero-order chi connectivity index (χ0) is 25.5. The summed E-state index contributed by atoms with van der Waals surface area (Å²) >= 11 is 0. The molecule has 0 aromatic heterocycles. The Morgan fingerprint density at radius 1 is 1.14 bits per heavy atom. The fourth-order valence-electron chi connectivity index (χ4n) is 5.01. The van der Waals surface area contributed by atoms with Crippen molar-refractivity contribution in [1.82, 2.24) is 9.80 Å². The number of methoxy groups -OCH3 is 1. The Hall–Kier alpha value is -2.61. The van der Waals surface area contributed by atoms with Crippen molar-refractivity contribution in [3.8, 4) is 5.75 Å². The molecule has 1 aromatic carbocycles. The number of carbonyl (C=O) groups is 3. The molecule has 1 aliphatic carbocycles. The van der Waals surface area contributed by atoms with Crippen molar-refractivity contribution in [3.05, 3.63) is 23.8 Å². The topological polar surface area (TPSA) is 88.2 Å². The minimum Gasteiger partial charge on any atom is -0.491 e. The van der Waals surface area contributed by atoms with Gasteiger partial charge in [-0.05, 0) is 31.9 Å². The van der Waals surface area contributed by atoms with E-state index in [1.54, 1.807) is 37.3 Å². The quantitative estimate of drug-likeness (QED) is 0.695. The Bertz CT molecular complexity index is 899. The molecule has 8 heteroatoms. The third-order valence-corrected chi connectivity index (χ3v) is 7.31. The first-order chi connectivity index (χ1) is 16.7. The molecule has 0 radical (unpaired) electrons. The van der Waals surface area contributed by atoms with Gasteiger partial charge in [-0.25, -0.2) is 0 Å². The van der Waals surface area contributed by atoms with Gasteiger partial charge in [0, 0.05) is 57.3 Å². The molecule has 3 amide bonds. The number of benzene rings is 1. The number of nitrogens with one attached hydrogen (secondary N) is 1. The SMILES string of the molecule is CCC(=O)N1C[C@H](C)[C@@H](OC)CN(C)C(=O)c2ccc(NC(=O)C3CCCCC3)cc2OC[C@H]1C. The van der Waals surface area contributed by atoms with E-state index in [4.69, 9.17) is 9.47 Å². The highest BCUT2D eigenvalue weighted by molar-refractivity contribution is 5.98. The number of anilines is 1.